The van der Waals surface area contributed by atoms with Crippen LogP contribution in [-0.2, 0) is 16.0 Å². The van der Waals surface area contributed by atoms with E-state index in [2.05, 4.69) is 24.5 Å². The van der Waals surface area contributed by atoms with E-state index in [0.717, 1.165) is 22.6 Å². The van der Waals surface area contributed by atoms with Crippen molar-refractivity contribution in [2.24, 2.45) is 0 Å². The lowest BCUT2D eigenvalue weighted by atomic mass is 9.98. The van der Waals surface area contributed by atoms with Gasteiger partial charge in [0.1, 0.15) is 18.1 Å². The number of fused-ring (bicyclic) bond motifs is 1. The van der Waals surface area contributed by atoms with Crippen molar-refractivity contribution < 1.29 is 19.1 Å². The van der Waals surface area contributed by atoms with Gasteiger partial charge in [-0.25, -0.2) is 0 Å². The summed E-state index contributed by atoms with van der Waals surface area (Å²) in [5, 5.41) is 5.63. The molecular weight excluding hydrogens is 368 g/mol. The Labute approximate surface area is 171 Å². The molecule has 1 heterocycles. The second-order valence-corrected chi connectivity index (χ2v) is 7.53. The summed E-state index contributed by atoms with van der Waals surface area (Å²) in [6, 6.07) is 11.5. The summed E-state index contributed by atoms with van der Waals surface area (Å²) >= 11 is 0. The summed E-state index contributed by atoms with van der Waals surface area (Å²) in [7, 11) is 0. The molecule has 6 nitrogen and oxygen atoms in total. The number of rotatable bonds is 8. The van der Waals surface area contributed by atoms with Crippen molar-refractivity contribution in [1.82, 2.24) is 5.32 Å². The summed E-state index contributed by atoms with van der Waals surface area (Å²) in [6.45, 7) is 7.08. The Morgan fingerprint density at radius 3 is 2.62 bits per heavy atom. The molecular formula is C23H28N2O4. The second-order valence-electron chi connectivity index (χ2n) is 7.53. The zero-order valence-corrected chi connectivity index (χ0v) is 17.2. The van der Waals surface area contributed by atoms with Crippen LogP contribution in [0.5, 0.6) is 11.5 Å². The van der Waals surface area contributed by atoms with E-state index >= 15 is 0 Å². The summed E-state index contributed by atoms with van der Waals surface area (Å²) in [5.41, 5.74) is 4.36. The monoisotopic (exact) mass is 396 g/mol. The van der Waals surface area contributed by atoms with Gasteiger partial charge in [-0.3, -0.25) is 9.59 Å². The molecule has 2 aromatic carbocycles. The van der Waals surface area contributed by atoms with Gasteiger partial charge >= 0.3 is 0 Å². The third-order valence-corrected chi connectivity index (χ3v) is 4.90. The number of hydrogen-bond acceptors (Lipinski definition) is 4. The quantitative estimate of drug-likeness (QED) is 0.669. The van der Waals surface area contributed by atoms with Crippen molar-refractivity contribution in [3.8, 4) is 11.5 Å². The molecule has 0 unspecified atom stereocenters. The van der Waals surface area contributed by atoms with Crippen LogP contribution in [0.15, 0.2) is 36.4 Å². The highest BCUT2D eigenvalue weighted by molar-refractivity contribution is 5.94. The maximum absolute atomic E-state index is 12.0. The van der Waals surface area contributed by atoms with E-state index in [1.54, 1.807) is 0 Å². The fourth-order valence-electron chi connectivity index (χ4n) is 3.39. The lowest BCUT2D eigenvalue weighted by molar-refractivity contribution is -0.123. The van der Waals surface area contributed by atoms with Gasteiger partial charge in [0.25, 0.3) is 5.91 Å². The average Bonchev–Trinajstić information content (AvgIpc) is 2.69. The molecule has 0 fully saturated rings. The van der Waals surface area contributed by atoms with Gasteiger partial charge in [-0.2, -0.15) is 0 Å². The van der Waals surface area contributed by atoms with Crippen molar-refractivity contribution in [3.05, 3.63) is 53.1 Å². The van der Waals surface area contributed by atoms with E-state index in [-0.39, 0.29) is 18.4 Å². The van der Waals surface area contributed by atoms with Crippen LogP contribution in [0.4, 0.5) is 5.69 Å². The van der Waals surface area contributed by atoms with Gasteiger partial charge in [0.2, 0.25) is 5.91 Å². The highest BCUT2D eigenvalue weighted by Gasteiger charge is 2.15. The van der Waals surface area contributed by atoms with Crippen molar-refractivity contribution in [1.29, 1.82) is 0 Å². The van der Waals surface area contributed by atoms with E-state index in [9.17, 15) is 9.59 Å². The summed E-state index contributed by atoms with van der Waals surface area (Å²) in [4.78, 5) is 23.4. The van der Waals surface area contributed by atoms with Crippen molar-refractivity contribution in [2.75, 3.05) is 25.1 Å². The minimum atomic E-state index is -0.188. The molecule has 0 radical (unpaired) electrons. The van der Waals surface area contributed by atoms with Gasteiger partial charge in [0, 0.05) is 12.1 Å². The van der Waals surface area contributed by atoms with Crippen LogP contribution in [0.1, 0.15) is 42.9 Å². The van der Waals surface area contributed by atoms with E-state index < -0.39 is 0 Å². The van der Waals surface area contributed by atoms with E-state index in [4.69, 9.17) is 9.47 Å². The molecule has 2 amide bonds. The Balaban J connectivity index is 1.38. The average molecular weight is 396 g/mol. The first-order valence-corrected chi connectivity index (χ1v) is 9.98. The van der Waals surface area contributed by atoms with Gasteiger partial charge in [-0.15, -0.1) is 0 Å². The van der Waals surface area contributed by atoms with Gasteiger partial charge in [-0.05, 0) is 66.3 Å². The van der Waals surface area contributed by atoms with Crippen LogP contribution >= 0.6 is 0 Å². The van der Waals surface area contributed by atoms with Crippen molar-refractivity contribution >= 4 is 17.5 Å². The molecule has 6 heteroatoms. The van der Waals surface area contributed by atoms with Crippen LogP contribution in [0.25, 0.3) is 0 Å². The first-order chi connectivity index (χ1) is 13.9. The third-order valence-electron chi connectivity index (χ3n) is 4.90. The lowest BCUT2D eigenvalue weighted by Crippen LogP contribution is -2.32. The van der Waals surface area contributed by atoms with Crippen LogP contribution in [0, 0.1) is 6.92 Å². The molecule has 0 bridgehead atoms. The fourth-order valence-corrected chi connectivity index (χ4v) is 3.39. The maximum Gasteiger partial charge on any atom is 0.258 e. The molecule has 1 aliphatic heterocycles. The Morgan fingerprint density at radius 2 is 1.86 bits per heavy atom. The van der Waals surface area contributed by atoms with Gasteiger partial charge < -0.3 is 20.1 Å². The number of carbonyl (C=O) groups is 2. The Kier molecular flexibility index (Phi) is 6.75. The predicted molar refractivity (Wildman–Crippen MR) is 113 cm³/mol. The van der Waals surface area contributed by atoms with Crippen LogP contribution in [-0.4, -0.2) is 31.6 Å². The van der Waals surface area contributed by atoms with E-state index in [1.165, 1.54) is 5.56 Å². The minimum Gasteiger partial charge on any atom is -0.492 e. The van der Waals surface area contributed by atoms with E-state index in [1.807, 2.05) is 43.3 Å². The number of benzene rings is 2. The first-order valence-electron chi connectivity index (χ1n) is 9.98. The number of nitrogens with one attached hydrogen (secondary N) is 2. The topological polar surface area (TPSA) is 76.7 Å². The minimum absolute atomic E-state index is 0.0288. The lowest BCUT2D eigenvalue weighted by Gasteiger charge is -2.17. The third kappa shape index (κ3) is 5.73. The number of amides is 2. The van der Waals surface area contributed by atoms with Gasteiger partial charge in [-0.1, -0.05) is 19.9 Å². The maximum atomic E-state index is 12.0. The van der Waals surface area contributed by atoms with Crippen LogP contribution < -0.4 is 20.1 Å². The number of carbonyl (C=O) groups excluding carboxylic acids is 2. The SMILES string of the molecule is Cc1cc(OCC(=O)NCCOc2ccc3c(c2)CCC(=O)N3)ccc1C(C)C. The Bertz CT molecular complexity index is 892. The number of ether oxygens (including phenoxy) is 2. The highest BCUT2D eigenvalue weighted by Crippen LogP contribution is 2.26. The molecule has 29 heavy (non-hydrogen) atoms. The fraction of sp³-hybridized carbons (Fsp3) is 0.391. The number of hydrogen-bond donors (Lipinski definition) is 2. The van der Waals surface area contributed by atoms with Crippen LogP contribution in [0.2, 0.25) is 0 Å². The summed E-state index contributed by atoms with van der Waals surface area (Å²) in [6.07, 6.45) is 1.20. The molecule has 0 saturated heterocycles. The van der Waals surface area contributed by atoms with Crippen LogP contribution in [0.3, 0.4) is 0 Å². The number of aryl methyl sites for hydroxylation is 2. The molecule has 0 aliphatic carbocycles. The molecule has 0 saturated carbocycles. The van der Waals surface area contributed by atoms with Crippen molar-refractivity contribution in [3.63, 3.8) is 0 Å². The first kappa shape index (κ1) is 20.7. The molecule has 2 N–H and O–H groups in total. The van der Waals surface area contributed by atoms with Crippen molar-refractivity contribution in [2.45, 2.75) is 39.5 Å². The molecule has 2 aromatic rings. The Hall–Kier alpha value is -3.02. The van der Waals surface area contributed by atoms with Gasteiger partial charge in [0.15, 0.2) is 6.61 Å². The molecule has 1 aliphatic rings. The predicted octanol–water partition coefficient (Wildman–Crippen LogP) is 3.58. The molecule has 0 spiro atoms. The Morgan fingerprint density at radius 1 is 1.10 bits per heavy atom. The zero-order valence-electron chi connectivity index (χ0n) is 17.2. The van der Waals surface area contributed by atoms with Gasteiger partial charge in [0.05, 0.1) is 6.54 Å². The number of anilines is 1. The second kappa shape index (κ2) is 9.45. The van der Waals surface area contributed by atoms with E-state index in [0.29, 0.717) is 37.7 Å². The molecule has 154 valence electrons. The summed E-state index contributed by atoms with van der Waals surface area (Å²) < 4.78 is 11.3. The molecule has 0 aromatic heterocycles. The highest BCUT2D eigenvalue weighted by atomic mass is 16.5. The zero-order chi connectivity index (χ0) is 20.8. The standard InChI is InChI=1S/C23H28N2O4/c1-15(2)20-7-5-18(12-16(20)3)29-14-23(27)24-10-11-28-19-6-8-21-17(13-19)4-9-22(26)25-21/h5-8,12-13,15H,4,9-11,14H2,1-3H3,(H,24,27)(H,25,26). The smallest absolute Gasteiger partial charge is 0.258 e. The molecule has 3 rings (SSSR count). The molecule has 0 atom stereocenters. The summed E-state index contributed by atoms with van der Waals surface area (Å²) in [5.74, 6) is 1.74. The largest absolute Gasteiger partial charge is 0.492 e. The normalized spacial score (nSPS) is 12.9.